The van der Waals surface area contributed by atoms with Crippen LogP contribution in [-0.2, 0) is 11.3 Å². The van der Waals surface area contributed by atoms with Gasteiger partial charge in [-0.2, -0.15) is 0 Å². The fourth-order valence-corrected chi connectivity index (χ4v) is 7.87. The summed E-state index contributed by atoms with van der Waals surface area (Å²) < 4.78 is 5.72. The van der Waals surface area contributed by atoms with Crippen LogP contribution in [0.1, 0.15) is 42.9 Å². The molecule has 6 nitrogen and oxygen atoms in total. The lowest BCUT2D eigenvalue weighted by Crippen LogP contribution is -2.66. The zero-order valence-corrected chi connectivity index (χ0v) is 26.6. The van der Waals surface area contributed by atoms with Gasteiger partial charge in [-0.15, -0.1) is 0 Å². The SMILES string of the molecule is COc1nc(-c2cccc(-c3cccc(-c4ccc(C5CCCN5C)cc4)c3Cl)c2Cl)ccc1CN1CC2(CCC(=O)N2)C1. The maximum atomic E-state index is 11.7. The van der Waals surface area contributed by atoms with Gasteiger partial charge in [0, 0.05) is 59.9 Å². The van der Waals surface area contributed by atoms with Crippen molar-refractivity contribution in [3.63, 3.8) is 0 Å². The van der Waals surface area contributed by atoms with Crippen LogP contribution in [-0.4, -0.2) is 60.0 Å². The first-order chi connectivity index (χ1) is 21.3. The minimum Gasteiger partial charge on any atom is -0.481 e. The first kappa shape index (κ1) is 29.3. The molecule has 3 aliphatic rings. The van der Waals surface area contributed by atoms with Gasteiger partial charge in [-0.05, 0) is 50.0 Å². The Morgan fingerprint density at radius 3 is 2.25 bits per heavy atom. The van der Waals surface area contributed by atoms with Gasteiger partial charge in [-0.3, -0.25) is 14.6 Å². The number of carbonyl (C=O) groups is 1. The molecule has 0 radical (unpaired) electrons. The van der Waals surface area contributed by atoms with E-state index in [0.717, 1.165) is 65.1 Å². The molecule has 1 amide bonds. The summed E-state index contributed by atoms with van der Waals surface area (Å²) in [4.78, 5) is 21.3. The van der Waals surface area contributed by atoms with Gasteiger partial charge in [0.2, 0.25) is 11.8 Å². The molecular weight excluding hydrogens is 591 g/mol. The van der Waals surface area contributed by atoms with E-state index in [-0.39, 0.29) is 11.4 Å². The van der Waals surface area contributed by atoms with Crippen LogP contribution in [0.5, 0.6) is 5.88 Å². The van der Waals surface area contributed by atoms with E-state index in [1.165, 1.54) is 18.4 Å². The van der Waals surface area contributed by atoms with Crippen molar-refractivity contribution in [1.29, 1.82) is 0 Å². The second-order valence-electron chi connectivity index (χ2n) is 12.4. The van der Waals surface area contributed by atoms with Crippen LogP contribution in [0, 0.1) is 0 Å². The van der Waals surface area contributed by atoms with Crippen LogP contribution in [0.4, 0.5) is 0 Å². The maximum absolute atomic E-state index is 11.7. The van der Waals surface area contributed by atoms with Crippen molar-refractivity contribution in [3.8, 4) is 39.4 Å². The monoisotopic (exact) mass is 626 g/mol. The summed E-state index contributed by atoms with van der Waals surface area (Å²) in [6, 6.07) is 25.4. The van der Waals surface area contributed by atoms with E-state index in [9.17, 15) is 4.79 Å². The Morgan fingerprint density at radius 1 is 0.932 bits per heavy atom. The number of nitrogens with zero attached hydrogens (tertiary/aromatic N) is 3. The average Bonchev–Trinajstić information content (AvgIpc) is 3.63. The molecule has 0 bridgehead atoms. The topological polar surface area (TPSA) is 57.7 Å². The molecule has 1 N–H and O–H groups in total. The van der Waals surface area contributed by atoms with Crippen molar-refractivity contribution in [1.82, 2.24) is 20.1 Å². The third-order valence-corrected chi connectivity index (χ3v) is 10.3. The number of hydrogen-bond acceptors (Lipinski definition) is 5. The molecule has 3 fully saturated rings. The standard InChI is InChI=1S/C36H36Cl2N4O2/c1-41-19-5-10-31(41)24-13-11-23(12-14-24)26-6-3-7-27(33(26)37)28-8-4-9-29(34(28)38)30-16-15-25(35(39-30)44-2)20-42-21-36(22-42)18-17-32(43)40-36/h3-4,6-9,11-16,31H,5,10,17-22H2,1-2H3,(H,40,43). The van der Waals surface area contributed by atoms with Crippen LogP contribution in [0.3, 0.4) is 0 Å². The quantitative estimate of drug-likeness (QED) is 0.228. The van der Waals surface area contributed by atoms with E-state index in [2.05, 4.69) is 58.6 Å². The van der Waals surface area contributed by atoms with Crippen molar-refractivity contribution >= 4 is 29.1 Å². The number of likely N-dealkylation sites (tertiary alicyclic amines) is 2. The summed E-state index contributed by atoms with van der Waals surface area (Å²) in [5.74, 6) is 0.731. The lowest BCUT2D eigenvalue weighted by atomic mass is 9.88. The van der Waals surface area contributed by atoms with E-state index in [0.29, 0.717) is 34.9 Å². The highest BCUT2D eigenvalue weighted by atomic mass is 35.5. The summed E-state index contributed by atoms with van der Waals surface area (Å²) in [5.41, 5.74) is 7.65. The van der Waals surface area contributed by atoms with E-state index >= 15 is 0 Å². The predicted octanol–water partition coefficient (Wildman–Crippen LogP) is 7.63. The van der Waals surface area contributed by atoms with Crippen molar-refractivity contribution in [2.75, 3.05) is 33.8 Å². The number of hydrogen-bond donors (Lipinski definition) is 1. The Labute approximate surface area is 269 Å². The number of halogens is 2. The number of rotatable bonds is 7. The number of nitrogens with one attached hydrogen (secondary N) is 1. The highest BCUT2D eigenvalue weighted by Gasteiger charge is 2.47. The molecule has 226 valence electrons. The van der Waals surface area contributed by atoms with Gasteiger partial charge in [0.1, 0.15) is 0 Å². The molecule has 4 aromatic rings. The Kier molecular flexibility index (Phi) is 7.87. The van der Waals surface area contributed by atoms with Gasteiger partial charge in [0.05, 0.1) is 28.4 Å². The van der Waals surface area contributed by atoms with Crippen molar-refractivity contribution in [3.05, 3.63) is 94.0 Å². The number of carbonyl (C=O) groups excluding carboxylic acids is 1. The molecule has 3 aromatic carbocycles. The molecule has 0 aliphatic carbocycles. The molecule has 44 heavy (non-hydrogen) atoms. The summed E-state index contributed by atoms with van der Waals surface area (Å²) in [7, 11) is 3.84. The molecular formula is C36H36Cl2N4O2. The fourth-order valence-electron chi connectivity index (χ4n) is 7.21. The third-order valence-electron chi connectivity index (χ3n) is 9.50. The molecule has 1 atom stereocenters. The van der Waals surface area contributed by atoms with Crippen LogP contribution in [0.2, 0.25) is 10.0 Å². The summed E-state index contributed by atoms with van der Waals surface area (Å²) in [5, 5.41) is 4.41. The molecule has 1 spiro atoms. The largest absolute Gasteiger partial charge is 0.481 e. The lowest BCUT2D eigenvalue weighted by Gasteiger charge is -2.48. The zero-order chi connectivity index (χ0) is 30.4. The summed E-state index contributed by atoms with van der Waals surface area (Å²) in [6.07, 6.45) is 3.96. The van der Waals surface area contributed by atoms with Crippen molar-refractivity contribution in [2.24, 2.45) is 0 Å². The first-order valence-electron chi connectivity index (χ1n) is 15.3. The number of aromatic nitrogens is 1. The van der Waals surface area contributed by atoms with E-state index in [1.54, 1.807) is 7.11 Å². The highest BCUT2D eigenvalue weighted by Crippen LogP contribution is 2.43. The first-order valence-corrected chi connectivity index (χ1v) is 16.1. The predicted molar refractivity (Wildman–Crippen MR) is 177 cm³/mol. The molecule has 3 aliphatic heterocycles. The Hall–Kier alpha value is -3.42. The minimum atomic E-state index is -0.0554. The van der Waals surface area contributed by atoms with Gasteiger partial charge in [0.25, 0.3) is 0 Å². The van der Waals surface area contributed by atoms with Gasteiger partial charge in [-0.1, -0.05) is 89.9 Å². The van der Waals surface area contributed by atoms with Gasteiger partial charge < -0.3 is 10.1 Å². The number of ether oxygens (including phenoxy) is 1. The molecule has 8 heteroatoms. The molecule has 0 saturated carbocycles. The number of methoxy groups -OCH3 is 1. The summed E-state index contributed by atoms with van der Waals surface area (Å²) >= 11 is 14.2. The molecule has 1 aromatic heterocycles. The van der Waals surface area contributed by atoms with Gasteiger partial charge >= 0.3 is 0 Å². The second kappa shape index (κ2) is 11.8. The zero-order valence-electron chi connectivity index (χ0n) is 25.1. The van der Waals surface area contributed by atoms with Crippen LogP contribution in [0.25, 0.3) is 33.5 Å². The van der Waals surface area contributed by atoms with Crippen LogP contribution < -0.4 is 10.1 Å². The Balaban J connectivity index is 1.14. The second-order valence-corrected chi connectivity index (χ2v) is 13.2. The Bertz CT molecular complexity index is 1720. The van der Waals surface area contributed by atoms with Crippen LogP contribution in [0.15, 0.2) is 72.8 Å². The molecule has 4 heterocycles. The van der Waals surface area contributed by atoms with E-state index in [1.807, 2.05) is 36.4 Å². The van der Waals surface area contributed by atoms with E-state index in [4.69, 9.17) is 32.9 Å². The number of amides is 1. The normalized spacial score (nSPS) is 19.7. The van der Waals surface area contributed by atoms with Crippen molar-refractivity contribution in [2.45, 2.75) is 43.8 Å². The highest BCUT2D eigenvalue weighted by molar-refractivity contribution is 6.39. The third kappa shape index (κ3) is 5.39. The molecule has 7 rings (SSSR count). The molecule has 3 saturated heterocycles. The van der Waals surface area contributed by atoms with Crippen LogP contribution >= 0.6 is 23.2 Å². The van der Waals surface area contributed by atoms with E-state index < -0.39 is 0 Å². The smallest absolute Gasteiger partial charge is 0.220 e. The minimum absolute atomic E-state index is 0.0554. The van der Waals surface area contributed by atoms with Crippen molar-refractivity contribution < 1.29 is 9.53 Å². The Morgan fingerprint density at radius 2 is 1.61 bits per heavy atom. The fraction of sp³-hybridized carbons (Fsp3) is 0.333. The molecule has 1 unspecified atom stereocenters. The number of pyridine rings is 1. The number of benzene rings is 3. The van der Waals surface area contributed by atoms with Gasteiger partial charge in [0.15, 0.2) is 0 Å². The average molecular weight is 628 g/mol. The summed E-state index contributed by atoms with van der Waals surface area (Å²) in [6.45, 7) is 3.55. The van der Waals surface area contributed by atoms with Gasteiger partial charge in [-0.25, -0.2) is 4.98 Å². The maximum Gasteiger partial charge on any atom is 0.220 e. The lowest BCUT2D eigenvalue weighted by molar-refractivity contribution is -0.120.